The minimum Gasteiger partial charge on any atom is -0.478 e. The molecule has 1 aromatic carbocycles. The molecule has 1 aliphatic heterocycles. The van der Waals surface area contributed by atoms with Crippen molar-refractivity contribution >= 4 is 29.1 Å². The highest BCUT2D eigenvalue weighted by Crippen LogP contribution is 2.27. The van der Waals surface area contributed by atoms with Crippen LogP contribution in [0.1, 0.15) is 33.3 Å². The van der Waals surface area contributed by atoms with Gasteiger partial charge in [-0.05, 0) is 35.6 Å². The Kier molecular flexibility index (Phi) is 5.14. The number of carboxylic acids is 1. The van der Waals surface area contributed by atoms with Gasteiger partial charge in [-0.2, -0.15) is 0 Å². The van der Waals surface area contributed by atoms with Crippen LogP contribution in [0, 0.1) is 0 Å². The third-order valence-corrected chi connectivity index (χ3v) is 5.10. The topological polar surface area (TPSA) is 86.7 Å². The van der Waals surface area contributed by atoms with Crippen LogP contribution in [0.15, 0.2) is 41.8 Å². The lowest BCUT2D eigenvalue weighted by atomic mass is 10.1. The van der Waals surface area contributed by atoms with Crippen molar-refractivity contribution < 1.29 is 19.5 Å². The highest BCUT2D eigenvalue weighted by molar-refractivity contribution is 7.10. The van der Waals surface area contributed by atoms with E-state index in [1.54, 1.807) is 17.0 Å². The number of benzene rings is 1. The normalized spacial score (nSPS) is 17.2. The van der Waals surface area contributed by atoms with Gasteiger partial charge in [0.15, 0.2) is 0 Å². The molecule has 0 spiro atoms. The van der Waals surface area contributed by atoms with E-state index in [4.69, 9.17) is 5.11 Å². The second-order valence-electron chi connectivity index (χ2n) is 5.80. The molecule has 0 saturated carbocycles. The second-order valence-corrected chi connectivity index (χ2v) is 6.78. The van der Waals surface area contributed by atoms with E-state index in [-0.39, 0.29) is 23.8 Å². The number of piperazine rings is 1. The summed E-state index contributed by atoms with van der Waals surface area (Å²) in [6.45, 7) is 0.949. The fourth-order valence-electron chi connectivity index (χ4n) is 2.87. The third kappa shape index (κ3) is 3.88. The van der Waals surface area contributed by atoms with Gasteiger partial charge in [0.2, 0.25) is 11.8 Å². The predicted octanol–water partition coefficient (Wildman–Crippen LogP) is 2.08. The highest BCUT2D eigenvalue weighted by Gasteiger charge is 2.34. The van der Waals surface area contributed by atoms with Gasteiger partial charge in [0.05, 0.1) is 5.56 Å². The smallest absolute Gasteiger partial charge is 0.335 e. The summed E-state index contributed by atoms with van der Waals surface area (Å²) in [6.07, 6.45) is 0.787. The van der Waals surface area contributed by atoms with Crippen LogP contribution in [0.25, 0.3) is 0 Å². The summed E-state index contributed by atoms with van der Waals surface area (Å²) in [4.78, 5) is 38.2. The first-order valence-corrected chi connectivity index (χ1v) is 8.87. The van der Waals surface area contributed by atoms with Gasteiger partial charge < -0.3 is 15.3 Å². The minimum absolute atomic E-state index is 0.0736. The fourth-order valence-corrected chi connectivity index (χ4v) is 3.71. The summed E-state index contributed by atoms with van der Waals surface area (Å²) >= 11 is 1.46. The van der Waals surface area contributed by atoms with Crippen LogP contribution in [0.4, 0.5) is 0 Å². The zero-order valence-electron chi connectivity index (χ0n) is 13.5. The van der Waals surface area contributed by atoms with Crippen molar-refractivity contribution in [2.45, 2.75) is 18.9 Å². The van der Waals surface area contributed by atoms with E-state index >= 15 is 0 Å². The molecule has 6 nitrogen and oxygen atoms in total. The standard InChI is InChI=1S/C18H18N2O4S/c21-15(8-5-12-3-6-13(7-4-12)18(23)24)20-10-9-19-17(22)16(20)14-2-1-11-25-14/h1-4,6-7,11,16H,5,8-10H2,(H,19,22)(H,23,24)/t16-/m1/s1. The first kappa shape index (κ1) is 17.2. The fraction of sp³-hybridized carbons (Fsp3) is 0.278. The van der Waals surface area contributed by atoms with E-state index in [9.17, 15) is 14.4 Å². The molecule has 0 aliphatic carbocycles. The first-order valence-electron chi connectivity index (χ1n) is 7.99. The Bertz CT molecular complexity index is 771. The van der Waals surface area contributed by atoms with Gasteiger partial charge in [-0.15, -0.1) is 11.3 Å². The lowest BCUT2D eigenvalue weighted by molar-refractivity contribution is -0.143. The van der Waals surface area contributed by atoms with Crippen molar-refractivity contribution in [1.82, 2.24) is 10.2 Å². The molecule has 1 saturated heterocycles. The first-order chi connectivity index (χ1) is 12.1. The Hall–Kier alpha value is -2.67. The summed E-state index contributed by atoms with van der Waals surface area (Å²) in [6, 6.07) is 9.68. The van der Waals surface area contributed by atoms with Crippen LogP contribution in [0.5, 0.6) is 0 Å². The quantitative estimate of drug-likeness (QED) is 0.857. The van der Waals surface area contributed by atoms with Crippen molar-refractivity contribution in [1.29, 1.82) is 0 Å². The summed E-state index contributed by atoms with van der Waals surface area (Å²) in [5, 5.41) is 13.6. The third-order valence-electron chi connectivity index (χ3n) is 4.17. The van der Waals surface area contributed by atoms with E-state index in [1.165, 1.54) is 23.5 Å². The van der Waals surface area contributed by atoms with Crippen molar-refractivity contribution in [3.63, 3.8) is 0 Å². The zero-order valence-corrected chi connectivity index (χ0v) is 14.3. The maximum Gasteiger partial charge on any atom is 0.335 e. The number of amides is 2. The van der Waals surface area contributed by atoms with Gasteiger partial charge in [0.1, 0.15) is 6.04 Å². The number of carbonyl (C=O) groups excluding carboxylic acids is 2. The number of thiophene rings is 1. The van der Waals surface area contributed by atoms with Gasteiger partial charge in [0.25, 0.3) is 0 Å². The molecule has 25 heavy (non-hydrogen) atoms. The molecular weight excluding hydrogens is 340 g/mol. The molecule has 3 rings (SSSR count). The van der Waals surface area contributed by atoms with Crippen LogP contribution >= 0.6 is 11.3 Å². The number of hydrogen-bond donors (Lipinski definition) is 2. The summed E-state index contributed by atoms with van der Waals surface area (Å²) in [5.74, 6) is -1.19. The van der Waals surface area contributed by atoms with Crippen molar-refractivity contribution in [2.75, 3.05) is 13.1 Å². The molecule has 1 atom stereocenters. The average molecular weight is 358 g/mol. The van der Waals surface area contributed by atoms with Gasteiger partial charge >= 0.3 is 5.97 Å². The van der Waals surface area contributed by atoms with Gasteiger partial charge in [0, 0.05) is 24.4 Å². The molecule has 2 heterocycles. The molecule has 2 N–H and O–H groups in total. The average Bonchev–Trinajstić information content (AvgIpc) is 3.14. The maximum atomic E-state index is 12.7. The van der Waals surface area contributed by atoms with Gasteiger partial charge in [-0.25, -0.2) is 4.79 Å². The molecule has 130 valence electrons. The number of carboxylic acid groups (broad SMARTS) is 1. The van der Waals surface area contributed by atoms with Crippen LogP contribution < -0.4 is 5.32 Å². The number of carbonyl (C=O) groups is 3. The molecule has 1 aliphatic rings. The zero-order chi connectivity index (χ0) is 17.8. The van der Waals surface area contributed by atoms with Crippen LogP contribution in [-0.2, 0) is 16.0 Å². The van der Waals surface area contributed by atoms with Crippen LogP contribution in [0.3, 0.4) is 0 Å². The SMILES string of the molecule is O=C(O)c1ccc(CCC(=O)N2CCNC(=O)[C@H]2c2cccs2)cc1. The van der Waals surface area contributed by atoms with E-state index < -0.39 is 12.0 Å². The Morgan fingerprint density at radius 1 is 1.24 bits per heavy atom. The molecule has 1 fully saturated rings. The second kappa shape index (κ2) is 7.48. The molecule has 2 amide bonds. The molecule has 0 bridgehead atoms. The van der Waals surface area contributed by atoms with Crippen LogP contribution in [-0.4, -0.2) is 40.9 Å². The number of nitrogens with one attached hydrogen (secondary N) is 1. The molecule has 2 aromatic rings. The van der Waals surface area contributed by atoms with E-state index in [1.807, 2.05) is 17.5 Å². The molecular formula is C18H18N2O4S. The molecule has 1 aromatic heterocycles. The minimum atomic E-state index is -0.972. The highest BCUT2D eigenvalue weighted by atomic mass is 32.1. The molecule has 0 unspecified atom stereocenters. The van der Waals surface area contributed by atoms with Crippen LogP contribution in [0.2, 0.25) is 0 Å². The Labute approximate surface area is 149 Å². The van der Waals surface area contributed by atoms with Crippen molar-refractivity contribution in [2.24, 2.45) is 0 Å². The van der Waals surface area contributed by atoms with Gasteiger partial charge in [-0.3, -0.25) is 9.59 Å². The molecule has 0 radical (unpaired) electrons. The lowest BCUT2D eigenvalue weighted by Crippen LogP contribution is -2.52. The molecule has 7 heteroatoms. The lowest BCUT2D eigenvalue weighted by Gasteiger charge is -2.34. The largest absolute Gasteiger partial charge is 0.478 e. The maximum absolute atomic E-state index is 12.7. The number of nitrogens with zero attached hydrogens (tertiary/aromatic N) is 1. The summed E-state index contributed by atoms with van der Waals surface area (Å²) < 4.78 is 0. The summed E-state index contributed by atoms with van der Waals surface area (Å²) in [7, 11) is 0. The predicted molar refractivity (Wildman–Crippen MR) is 93.5 cm³/mol. The van der Waals surface area contributed by atoms with E-state index in [2.05, 4.69) is 5.32 Å². The monoisotopic (exact) mass is 358 g/mol. The van der Waals surface area contributed by atoms with Gasteiger partial charge in [-0.1, -0.05) is 18.2 Å². The Morgan fingerprint density at radius 3 is 2.64 bits per heavy atom. The number of rotatable bonds is 5. The summed E-state index contributed by atoms with van der Waals surface area (Å²) in [5.41, 5.74) is 1.12. The number of hydrogen-bond acceptors (Lipinski definition) is 4. The Morgan fingerprint density at radius 2 is 2.00 bits per heavy atom. The van der Waals surface area contributed by atoms with Crippen molar-refractivity contribution in [3.8, 4) is 0 Å². The number of aryl methyl sites for hydroxylation is 1. The van der Waals surface area contributed by atoms with E-state index in [0.29, 0.717) is 19.5 Å². The van der Waals surface area contributed by atoms with E-state index in [0.717, 1.165) is 10.4 Å². The number of aromatic carboxylic acids is 1. The van der Waals surface area contributed by atoms with Crippen molar-refractivity contribution in [3.05, 3.63) is 57.8 Å². The Balaban J connectivity index is 1.66.